The fourth-order valence-corrected chi connectivity index (χ4v) is 1.52. The van der Waals surface area contributed by atoms with Crippen LogP contribution in [-0.4, -0.2) is 15.2 Å². The predicted molar refractivity (Wildman–Crippen MR) is 60.2 cm³/mol. The molecule has 0 aromatic carbocycles. The monoisotopic (exact) mass is 276 g/mol. The van der Waals surface area contributed by atoms with E-state index < -0.39 is 11.7 Å². The molecule has 8 heteroatoms. The molecule has 0 radical (unpaired) electrons. The molecule has 2 aromatic rings. The third-order valence-electron chi connectivity index (χ3n) is 2.17. The van der Waals surface area contributed by atoms with Gasteiger partial charge in [-0.2, -0.15) is 18.3 Å². The molecule has 0 saturated carbocycles. The molecule has 0 unspecified atom stereocenters. The summed E-state index contributed by atoms with van der Waals surface area (Å²) in [6.07, 6.45) is -2.14. The Bertz CT molecular complexity index is 524. The smallest absolute Gasteiger partial charge is 0.363 e. The van der Waals surface area contributed by atoms with E-state index in [0.29, 0.717) is 6.54 Å². The van der Waals surface area contributed by atoms with E-state index in [1.807, 2.05) is 0 Å². The topological polar surface area (TPSA) is 53.6 Å². The highest BCUT2D eigenvalue weighted by atomic mass is 35.5. The minimum absolute atomic E-state index is 0.0793. The number of pyridine rings is 1. The fraction of sp³-hybridized carbons (Fsp3) is 0.200. The molecule has 0 atom stereocenters. The third-order valence-corrected chi connectivity index (χ3v) is 2.46. The van der Waals surface area contributed by atoms with Crippen LogP contribution < -0.4 is 5.32 Å². The zero-order valence-electron chi connectivity index (χ0n) is 8.92. The number of aromatic amines is 1. The maximum atomic E-state index is 12.4. The summed E-state index contributed by atoms with van der Waals surface area (Å²) < 4.78 is 37.1. The molecule has 0 fully saturated rings. The van der Waals surface area contributed by atoms with Gasteiger partial charge in [0.25, 0.3) is 0 Å². The normalized spacial score (nSPS) is 11.6. The van der Waals surface area contributed by atoms with Crippen molar-refractivity contribution in [3.05, 3.63) is 40.8 Å². The lowest BCUT2D eigenvalue weighted by molar-refractivity contribution is -0.137. The lowest BCUT2D eigenvalue weighted by atomic mass is 10.3. The van der Waals surface area contributed by atoms with Crippen molar-refractivity contribution in [2.75, 3.05) is 5.32 Å². The van der Waals surface area contributed by atoms with Crippen molar-refractivity contribution in [2.24, 2.45) is 0 Å². The second-order valence-electron chi connectivity index (χ2n) is 3.49. The lowest BCUT2D eigenvalue weighted by Gasteiger charge is -2.10. The summed E-state index contributed by atoms with van der Waals surface area (Å²) in [5.41, 5.74) is -0.104. The van der Waals surface area contributed by atoms with Crippen LogP contribution in [0.15, 0.2) is 24.5 Å². The summed E-state index contributed by atoms with van der Waals surface area (Å²) in [5.74, 6) is 0.194. The number of aromatic nitrogens is 3. The van der Waals surface area contributed by atoms with Gasteiger partial charge >= 0.3 is 6.18 Å². The SMILES string of the molecule is FC(F)(F)c1cnc(NCc2ccn[nH]2)c(Cl)c1. The number of anilines is 1. The van der Waals surface area contributed by atoms with E-state index in [-0.39, 0.29) is 10.8 Å². The Morgan fingerprint density at radius 2 is 2.17 bits per heavy atom. The van der Waals surface area contributed by atoms with Crippen LogP contribution in [0.2, 0.25) is 5.02 Å². The number of hydrogen-bond donors (Lipinski definition) is 2. The van der Waals surface area contributed by atoms with E-state index in [0.717, 1.165) is 18.0 Å². The summed E-state index contributed by atoms with van der Waals surface area (Å²) in [7, 11) is 0. The van der Waals surface area contributed by atoms with Gasteiger partial charge in [0.05, 0.1) is 22.8 Å². The first-order valence-corrected chi connectivity index (χ1v) is 5.29. The number of alkyl halides is 3. The molecule has 0 saturated heterocycles. The molecule has 96 valence electrons. The summed E-state index contributed by atoms with van der Waals surface area (Å²) >= 11 is 5.72. The summed E-state index contributed by atoms with van der Waals surface area (Å²) in [5, 5.41) is 9.17. The van der Waals surface area contributed by atoms with Gasteiger partial charge < -0.3 is 5.32 Å². The average Bonchev–Trinajstić information content (AvgIpc) is 2.79. The number of H-pyrrole nitrogens is 1. The van der Waals surface area contributed by atoms with Crippen LogP contribution in [0.4, 0.5) is 19.0 Å². The third kappa shape index (κ3) is 2.92. The van der Waals surface area contributed by atoms with Gasteiger partial charge in [0.15, 0.2) is 0 Å². The first-order chi connectivity index (χ1) is 8.47. The molecule has 0 bridgehead atoms. The fourth-order valence-electron chi connectivity index (χ4n) is 1.29. The van der Waals surface area contributed by atoms with Crippen molar-refractivity contribution in [1.29, 1.82) is 0 Å². The minimum atomic E-state index is -4.45. The molecular formula is C10H8ClF3N4. The van der Waals surface area contributed by atoms with Crippen LogP contribution in [0.3, 0.4) is 0 Å². The van der Waals surface area contributed by atoms with Crippen LogP contribution in [0.5, 0.6) is 0 Å². The Labute approximate surface area is 105 Å². The molecule has 0 aliphatic heterocycles. The van der Waals surface area contributed by atoms with Crippen LogP contribution >= 0.6 is 11.6 Å². The number of rotatable bonds is 3. The van der Waals surface area contributed by atoms with Gasteiger partial charge in [-0.3, -0.25) is 5.10 Å². The van der Waals surface area contributed by atoms with Gasteiger partial charge in [-0.1, -0.05) is 11.6 Å². The van der Waals surface area contributed by atoms with Gasteiger partial charge in [0, 0.05) is 12.4 Å². The molecule has 4 nitrogen and oxygen atoms in total. The number of nitrogens with zero attached hydrogens (tertiary/aromatic N) is 2. The second kappa shape index (κ2) is 4.85. The quantitative estimate of drug-likeness (QED) is 0.906. The standard InChI is InChI=1S/C10H8ClF3N4/c11-8-3-6(10(12,13)14)4-15-9(8)16-5-7-1-2-17-18-7/h1-4H,5H2,(H,15,16)(H,17,18). The molecule has 0 aliphatic carbocycles. The molecule has 0 aliphatic rings. The number of nitrogens with one attached hydrogen (secondary N) is 2. The van der Waals surface area contributed by atoms with Gasteiger partial charge in [-0.05, 0) is 12.1 Å². The Morgan fingerprint density at radius 3 is 2.72 bits per heavy atom. The molecule has 2 rings (SSSR count). The highest BCUT2D eigenvalue weighted by molar-refractivity contribution is 6.32. The lowest BCUT2D eigenvalue weighted by Crippen LogP contribution is -2.08. The average molecular weight is 277 g/mol. The molecule has 2 heterocycles. The van der Waals surface area contributed by atoms with Crippen molar-refractivity contribution < 1.29 is 13.2 Å². The zero-order valence-corrected chi connectivity index (χ0v) is 9.68. The molecular weight excluding hydrogens is 269 g/mol. The minimum Gasteiger partial charge on any atom is -0.363 e. The van der Waals surface area contributed by atoms with Gasteiger partial charge in [-0.25, -0.2) is 4.98 Å². The van der Waals surface area contributed by atoms with Crippen LogP contribution in [0.1, 0.15) is 11.3 Å². The molecule has 2 aromatic heterocycles. The van der Waals surface area contributed by atoms with Gasteiger partial charge in [-0.15, -0.1) is 0 Å². The van der Waals surface area contributed by atoms with Crippen molar-refractivity contribution in [3.63, 3.8) is 0 Å². The van der Waals surface area contributed by atoms with E-state index in [1.54, 1.807) is 12.3 Å². The van der Waals surface area contributed by atoms with E-state index in [4.69, 9.17) is 11.6 Å². The Kier molecular flexibility index (Phi) is 3.42. The Hall–Kier alpha value is -1.76. The Morgan fingerprint density at radius 1 is 1.39 bits per heavy atom. The van der Waals surface area contributed by atoms with Crippen LogP contribution in [-0.2, 0) is 12.7 Å². The zero-order chi connectivity index (χ0) is 13.2. The predicted octanol–water partition coefficient (Wildman–Crippen LogP) is 3.09. The van der Waals surface area contributed by atoms with E-state index in [9.17, 15) is 13.2 Å². The van der Waals surface area contributed by atoms with E-state index >= 15 is 0 Å². The molecule has 2 N–H and O–H groups in total. The van der Waals surface area contributed by atoms with Gasteiger partial charge in [0.2, 0.25) is 0 Å². The second-order valence-corrected chi connectivity index (χ2v) is 3.89. The molecule has 0 spiro atoms. The van der Waals surface area contributed by atoms with E-state index in [2.05, 4.69) is 20.5 Å². The van der Waals surface area contributed by atoms with Crippen LogP contribution in [0.25, 0.3) is 0 Å². The number of hydrogen-bond acceptors (Lipinski definition) is 3. The molecule has 18 heavy (non-hydrogen) atoms. The van der Waals surface area contributed by atoms with Crippen LogP contribution in [0, 0.1) is 0 Å². The molecule has 0 amide bonds. The first-order valence-electron chi connectivity index (χ1n) is 4.91. The maximum Gasteiger partial charge on any atom is 0.417 e. The largest absolute Gasteiger partial charge is 0.417 e. The van der Waals surface area contributed by atoms with E-state index in [1.165, 1.54) is 0 Å². The van der Waals surface area contributed by atoms with Crippen molar-refractivity contribution in [1.82, 2.24) is 15.2 Å². The van der Waals surface area contributed by atoms with Crippen molar-refractivity contribution in [2.45, 2.75) is 12.7 Å². The van der Waals surface area contributed by atoms with Crippen molar-refractivity contribution in [3.8, 4) is 0 Å². The first kappa shape index (κ1) is 12.7. The Balaban J connectivity index is 2.10. The maximum absolute atomic E-state index is 12.4. The summed E-state index contributed by atoms with van der Waals surface area (Å²) in [6.45, 7) is 0.345. The van der Waals surface area contributed by atoms with Gasteiger partial charge in [0.1, 0.15) is 5.82 Å². The number of halogens is 4. The highest BCUT2D eigenvalue weighted by Crippen LogP contribution is 2.32. The summed E-state index contributed by atoms with van der Waals surface area (Å²) in [4.78, 5) is 3.65. The summed E-state index contributed by atoms with van der Waals surface area (Å²) in [6, 6.07) is 2.56. The highest BCUT2D eigenvalue weighted by Gasteiger charge is 2.31. The van der Waals surface area contributed by atoms with Crippen molar-refractivity contribution >= 4 is 17.4 Å².